The van der Waals surface area contributed by atoms with Crippen LogP contribution in [0.2, 0.25) is 0 Å². The van der Waals surface area contributed by atoms with Gasteiger partial charge in [-0.3, -0.25) is 14.4 Å². The van der Waals surface area contributed by atoms with Gasteiger partial charge in [-0.25, -0.2) is 0 Å². The lowest BCUT2D eigenvalue weighted by atomic mass is 10.1. The van der Waals surface area contributed by atoms with E-state index in [2.05, 4.69) is 57.2 Å². The van der Waals surface area contributed by atoms with Gasteiger partial charge in [-0.2, -0.15) is 0 Å². The lowest BCUT2D eigenvalue weighted by molar-refractivity contribution is -0.167. The quantitative estimate of drug-likeness (QED) is 0.0199. The Morgan fingerprint density at radius 2 is 0.615 bits per heavy atom. The molecule has 0 rings (SSSR count). The summed E-state index contributed by atoms with van der Waals surface area (Å²) in [5.74, 6) is -1.01. The predicted octanol–water partition coefficient (Wildman–Crippen LogP) is 17.1. The highest BCUT2D eigenvalue weighted by Crippen LogP contribution is 2.13. The van der Waals surface area contributed by atoms with Crippen molar-refractivity contribution in [2.24, 2.45) is 0 Å². The largest absolute Gasteiger partial charge is 0.462 e. The molecule has 0 bridgehead atoms. The van der Waals surface area contributed by atoms with Gasteiger partial charge in [0.2, 0.25) is 0 Å². The first kappa shape index (κ1) is 60.6. The Labute approximate surface area is 398 Å². The average molecular weight is 897 g/mol. The number of ether oxygens (including phenoxy) is 3. The molecule has 6 heteroatoms. The van der Waals surface area contributed by atoms with E-state index < -0.39 is 6.10 Å². The van der Waals surface area contributed by atoms with Gasteiger partial charge in [-0.15, -0.1) is 0 Å². The Hall–Kier alpha value is -4.45. The van der Waals surface area contributed by atoms with Crippen molar-refractivity contribution in [1.82, 2.24) is 0 Å². The van der Waals surface area contributed by atoms with E-state index in [1.807, 2.05) is 97.2 Å². The van der Waals surface area contributed by atoms with E-state index in [9.17, 15) is 14.4 Å². The molecule has 364 valence electrons. The summed E-state index contributed by atoms with van der Waals surface area (Å²) in [5.41, 5.74) is 0. The summed E-state index contributed by atoms with van der Waals surface area (Å²) in [6.45, 7) is 6.25. The van der Waals surface area contributed by atoms with Crippen molar-refractivity contribution >= 4 is 17.9 Å². The van der Waals surface area contributed by atoms with Gasteiger partial charge in [0.15, 0.2) is 6.10 Å². The minimum Gasteiger partial charge on any atom is -0.462 e. The zero-order chi connectivity index (χ0) is 47.2. The van der Waals surface area contributed by atoms with Crippen LogP contribution in [0.1, 0.15) is 201 Å². The first-order valence-corrected chi connectivity index (χ1v) is 25.8. The normalized spacial score (nSPS) is 13.2. The lowest BCUT2D eigenvalue weighted by Crippen LogP contribution is -2.30. The van der Waals surface area contributed by atoms with Crippen LogP contribution in [0.3, 0.4) is 0 Å². The fourth-order valence-corrected chi connectivity index (χ4v) is 6.54. The van der Waals surface area contributed by atoms with Crippen LogP contribution in [0.15, 0.2) is 134 Å². The maximum absolute atomic E-state index is 12.8. The van der Waals surface area contributed by atoms with Crippen molar-refractivity contribution in [1.29, 1.82) is 0 Å². The van der Waals surface area contributed by atoms with E-state index in [-0.39, 0.29) is 31.1 Å². The van der Waals surface area contributed by atoms with Crippen molar-refractivity contribution in [3.63, 3.8) is 0 Å². The van der Waals surface area contributed by atoms with Gasteiger partial charge in [0.05, 0.1) is 0 Å². The van der Waals surface area contributed by atoms with Crippen LogP contribution >= 0.6 is 0 Å². The number of carbonyl (C=O) groups is 3. The standard InChI is InChI=1S/C59H92O6/c1-4-7-10-13-16-19-22-25-27-29-31-34-37-40-43-46-49-52-58(61)64-55-56(54-63-57(60)51-48-45-42-39-36-33-24-21-18-15-12-9-6-3)65-59(62)53-50-47-44-41-38-35-32-30-28-26-23-20-17-14-11-8-5-2/h7,9-10,12-13,15-16,18-19,21-22,24-29,31,33-34,36-37,56H,4-6,8,11,14,17,20,23,30,32,35,38-55H2,1-3H3/b10-7-,12-9-,16-13-,18-15-,22-19-,24-21-,27-25-,28-26-,31-29+,36-33-,37-34-. The third-order valence-corrected chi connectivity index (χ3v) is 10.4. The van der Waals surface area contributed by atoms with Crippen molar-refractivity contribution in [2.45, 2.75) is 207 Å². The second-order valence-electron chi connectivity index (χ2n) is 16.6. The Morgan fingerprint density at radius 3 is 1.00 bits per heavy atom. The zero-order valence-electron chi connectivity index (χ0n) is 41.4. The molecule has 0 N–H and O–H groups in total. The van der Waals surface area contributed by atoms with Crippen molar-refractivity contribution in [2.75, 3.05) is 13.2 Å². The van der Waals surface area contributed by atoms with E-state index in [1.165, 1.54) is 77.0 Å². The zero-order valence-corrected chi connectivity index (χ0v) is 41.4. The molecule has 0 aliphatic heterocycles. The molecule has 65 heavy (non-hydrogen) atoms. The van der Waals surface area contributed by atoms with Crippen molar-refractivity contribution in [3.8, 4) is 0 Å². The molecule has 0 fully saturated rings. The van der Waals surface area contributed by atoms with E-state index in [4.69, 9.17) is 14.2 Å². The van der Waals surface area contributed by atoms with Crippen LogP contribution in [0.5, 0.6) is 0 Å². The molecule has 0 spiro atoms. The molecule has 0 saturated carbocycles. The van der Waals surface area contributed by atoms with E-state index in [0.29, 0.717) is 19.3 Å². The third kappa shape index (κ3) is 50.4. The molecule has 0 aliphatic rings. The number of esters is 3. The monoisotopic (exact) mass is 897 g/mol. The maximum atomic E-state index is 12.8. The molecule has 0 aliphatic carbocycles. The fourth-order valence-electron chi connectivity index (χ4n) is 6.54. The van der Waals surface area contributed by atoms with Crippen LogP contribution in [0.25, 0.3) is 0 Å². The van der Waals surface area contributed by atoms with E-state index in [0.717, 1.165) is 83.5 Å². The van der Waals surface area contributed by atoms with Gasteiger partial charge in [-0.05, 0) is 83.5 Å². The summed E-state index contributed by atoms with van der Waals surface area (Å²) < 4.78 is 16.7. The molecule has 0 aromatic heterocycles. The van der Waals surface area contributed by atoms with E-state index >= 15 is 0 Å². The topological polar surface area (TPSA) is 78.9 Å². The molecule has 0 heterocycles. The second kappa shape index (κ2) is 52.2. The summed E-state index contributed by atoms with van der Waals surface area (Å²) in [7, 11) is 0. The summed E-state index contributed by atoms with van der Waals surface area (Å²) in [5, 5.41) is 0. The molecular formula is C59H92O6. The summed E-state index contributed by atoms with van der Waals surface area (Å²) in [4.78, 5) is 38.0. The minimum atomic E-state index is -0.820. The van der Waals surface area contributed by atoms with Crippen LogP contribution in [0, 0.1) is 0 Å². The molecule has 0 aromatic carbocycles. The van der Waals surface area contributed by atoms with Crippen LogP contribution < -0.4 is 0 Å². The smallest absolute Gasteiger partial charge is 0.306 e. The highest BCUT2D eigenvalue weighted by Gasteiger charge is 2.19. The first-order valence-electron chi connectivity index (χ1n) is 25.8. The number of allylic oxidation sites excluding steroid dienone is 22. The highest BCUT2D eigenvalue weighted by atomic mass is 16.6. The average Bonchev–Trinajstić information content (AvgIpc) is 3.30. The molecule has 1 atom stereocenters. The van der Waals surface area contributed by atoms with Gasteiger partial charge >= 0.3 is 17.9 Å². The third-order valence-electron chi connectivity index (χ3n) is 10.4. The van der Waals surface area contributed by atoms with Gasteiger partial charge in [-0.1, -0.05) is 231 Å². The van der Waals surface area contributed by atoms with Crippen LogP contribution in [-0.2, 0) is 28.6 Å². The van der Waals surface area contributed by atoms with Gasteiger partial charge in [0.1, 0.15) is 13.2 Å². The Balaban J connectivity index is 4.56. The summed E-state index contributed by atoms with van der Waals surface area (Å²) in [6.07, 6.45) is 72.9. The molecule has 1 unspecified atom stereocenters. The number of hydrogen-bond donors (Lipinski definition) is 0. The molecular weight excluding hydrogens is 805 g/mol. The van der Waals surface area contributed by atoms with Gasteiger partial charge in [0, 0.05) is 19.3 Å². The summed E-state index contributed by atoms with van der Waals surface area (Å²) >= 11 is 0. The number of rotatable bonds is 44. The second-order valence-corrected chi connectivity index (χ2v) is 16.6. The number of hydrogen-bond acceptors (Lipinski definition) is 6. The van der Waals surface area contributed by atoms with Gasteiger partial charge < -0.3 is 14.2 Å². The Kier molecular flexibility index (Phi) is 48.6. The molecule has 6 nitrogen and oxygen atoms in total. The molecule has 0 amide bonds. The Morgan fingerprint density at radius 1 is 0.323 bits per heavy atom. The van der Waals surface area contributed by atoms with Gasteiger partial charge in [0.25, 0.3) is 0 Å². The number of carbonyl (C=O) groups excluding carboxylic acids is 3. The first-order chi connectivity index (χ1) is 32.0. The van der Waals surface area contributed by atoms with Crippen LogP contribution in [0.4, 0.5) is 0 Å². The highest BCUT2D eigenvalue weighted by molar-refractivity contribution is 5.71. The molecule has 0 radical (unpaired) electrons. The lowest BCUT2D eigenvalue weighted by Gasteiger charge is -2.18. The SMILES string of the molecule is CC\C=C/C=C\C=C/C=C\C=C\C=C/CCCCCC(=O)OCC(COC(=O)CCCCC\C=C/C=C\C=C/C=C\CC)OC(=O)CCCCCCCCC/C=C\CCCCCCCC. The molecule has 0 aromatic rings. The predicted molar refractivity (Wildman–Crippen MR) is 279 cm³/mol. The molecule has 0 saturated heterocycles. The fraction of sp³-hybridized carbons (Fsp3) is 0.576. The van der Waals surface area contributed by atoms with E-state index in [1.54, 1.807) is 0 Å². The Bertz CT molecular complexity index is 1450. The minimum absolute atomic E-state index is 0.120. The van der Waals surface area contributed by atoms with Crippen molar-refractivity contribution in [3.05, 3.63) is 134 Å². The van der Waals surface area contributed by atoms with Crippen LogP contribution in [-0.4, -0.2) is 37.2 Å². The summed E-state index contributed by atoms with van der Waals surface area (Å²) in [6, 6.07) is 0. The number of unbranched alkanes of at least 4 members (excludes halogenated alkanes) is 19. The van der Waals surface area contributed by atoms with Crippen molar-refractivity contribution < 1.29 is 28.6 Å². The maximum Gasteiger partial charge on any atom is 0.306 e.